The van der Waals surface area contributed by atoms with Crippen LogP contribution in [0, 0.1) is 0 Å². The van der Waals surface area contributed by atoms with Crippen LogP contribution in [0.3, 0.4) is 0 Å². The quantitative estimate of drug-likeness (QED) is 0.685. The molecule has 0 aromatic heterocycles. The van der Waals surface area contributed by atoms with Crippen molar-refractivity contribution in [2.75, 3.05) is 18.5 Å². The van der Waals surface area contributed by atoms with Crippen molar-refractivity contribution in [3.63, 3.8) is 0 Å². The number of anilines is 1. The van der Waals surface area contributed by atoms with E-state index in [1.807, 2.05) is 20.8 Å². The molecule has 0 saturated carbocycles. The fourth-order valence-corrected chi connectivity index (χ4v) is 1.71. The second-order valence-electron chi connectivity index (χ2n) is 5.14. The molecule has 0 heterocycles. The van der Waals surface area contributed by atoms with Crippen molar-refractivity contribution >= 4 is 17.6 Å². The van der Waals surface area contributed by atoms with E-state index in [4.69, 9.17) is 14.6 Å². The minimum atomic E-state index is -1.06. The van der Waals surface area contributed by atoms with E-state index in [0.29, 0.717) is 18.0 Å². The molecular formula is C16H23NO5. The zero-order valence-electron chi connectivity index (χ0n) is 13.2. The lowest BCUT2D eigenvalue weighted by molar-refractivity contribution is -0.120. The van der Waals surface area contributed by atoms with Crippen molar-refractivity contribution in [1.29, 1.82) is 0 Å². The molecule has 0 radical (unpaired) electrons. The average Bonchev–Trinajstić information content (AvgIpc) is 2.44. The number of aromatic carboxylic acids is 1. The predicted molar refractivity (Wildman–Crippen MR) is 83.5 cm³/mol. The number of carboxylic acids is 1. The van der Waals surface area contributed by atoms with E-state index in [9.17, 15) is 9.59 Å². The molecule has 2 N–H and O–H groups in total. The van der Waals surface area contributed by atoms with Crippen LogP contribution in [0.4, 0.5) is 5.69 Å². The Bertz CT molecular complexity index is 513. The van der Waals surface area contributed by atoms with Gasteiger partial charge in [-0.2, -0.15) is 0 Å². The van der Waals surface area contributed by atoms with Gasteiger partial charge in [0.15, 0.2) is 0 Å². The van der Waals surface area contributed by atoms with Gasteiger partial charge in [-0.25, -0.2) is 4.79 Å². The Morgan fingerprint density at radius 1 is 1.32 bits per heavy atom. The molecule has 0 spiro atoms. The Balaban J connectivity index is 2.78. The first-order valence-electron chi connectivity index (χ1n) is 7.35. The molecule has 6 nitrogen and oxygen atoms in total. The van der Waals surface area contributed by atoms with Gasteiger partial charge < -0.3 is 19.9 Å². The summed E-state index contributed by atoms with van der Waals surface area (Å²) in [5, 5.41) is 11.7. The number of ether oxygens (including phenoxy) is 2. The maximum Gasteiger partial charge on any atom is 0.335 e. The Kier molecular flexibility index (Phi) is 7.39. The van der Waals surface area contributed by atoms with Crippen LogP contribution in [-0.2, 0) is 9.53 Å². The molecular weight excluding hydrogens is 286 g/mol. The number of carbonyl (C=O) groups excluding carboxylic acids is 1. The van der Waals surface area contributed by atoms with E-state index in [0.717, 1.165) is 12.8 Å². The molecule has 1 aromatic rings. The molecule has 0 aliphatic carbocycles. The van der Waals surface area contributed by atoms with E-state index in [-0.39, 0.29) is 24.2 Å². The molecule has 0 fully saturated rings. The fraction of sp³-hybridized carbons (Fsp3) is 0.500. The Labute approximate surface area is 130 Å². The summed E-state index contributed by atoms with van der Waals surface area (Å²) >= 11 is 0. The van der Waals surface area contributed by atoms with E-state index >= 15 is 0 Å². The normalized spacial score (nSPS) is 10.5. The molecule has 0 unspecified atom stereocenters. The number of carboxylic acid groups (broad SMARTS) is 1. The van der Waals surface area contributed by atoms with Gasteiger partial charge >= 0.3 is 5.97 Å². The molecule has 0 bridgehead atoms. The molecule has 0 atom stereocenters. The van der Waals surface area contributed by atoms with Crippen molar-refractivity contribution in [2.45, 2.75) is 39.7 Å². The van der Waals surface area contributed by atoms with Crippen molar-refractivity contribution in [2.24, 2.45) is 0 Å². The van der Waals surface area contributed by atoms with Crippen LogP contribution in [0.15, 0.2) is 18.2 Å². The van der Waals surface area contributed by atoms with Crippen LogP contribution >= 0.6 is 0 Å². The summed E-state index contributed by atoms with van der Waals surface area (Å²) in [6.07, 6.45) is 1.80. The first-order valence-corrected chi connectivity index (χ1v) is 7.35. The number of rotatable bonds is 9. The lowest BCUT2D eigenvalue weighted by Crippen LogP contribution is -2.20. The highest BCUT2D eigenvalue weighted by Crippen LogP contribution is 2.27. The topological polar surface area (TPSA) is 84.9 Å². The lowest BCUT2D eigenvalue weighted by atomic mass is 10.2. The van der Waals surface area contributed by atoms with Gasteiger partial charge in [0, 0.05) is 6.61 Å². The molecule has 0 saturated heterocycles. The SMILES string of the molecule is CCCCOCC(=O)Nc1cc(C(=O)O)ccc1OC(C)C. The van der Waals surface area contributed by atoms with E-state index in [1.54, 1.807) is 0 Å². The van der Waals surface area contributed by atoms with Crippen LogP contribution < -0.4 is 10.1 Å². The second-order valence-corrected chi connectivity index (χ2v) is 5.14. The lowest BCUT2D eigenvalue weighted by Gasteiger charge is -2.15. The summed E-state index contributed by atoms with van der Waals surface area (Å²) in [5.74, 6) is -0.972. The third kappa shape index (κ3) is 6.13. The largest absolute Gasteiger partial charge is 0.489 e. The molecule has 1 rings (SSSR count). The van der Waals surface area contributed by atoms with Crippen LogP contribution in [0.2, 0.25) is 0 Å². The zero-order valence-corrected chi connectivity index (χ0v) is 13.2. The van der Waals surface area contributed by atoms with E-state index in [1.165, 1.54) is 18.2 Å². The van der Waals surface area contributed by atoms with Crippen molar-refractivity contribution in [3.8, 4) is 5.75 Å². The predicted octanol–water partition coefficient (Wildman–Crippen LogP) is 2.93. The number of unbranched alkanes of at least 4 members (excludes halogenated alkanes) is 1. The van der Waals surface area contributed by atoms with Gasteiger partial charge in [-0.05, 0) is 38.5 Å². The summed E-state index contributed by atoms with van der Waals surface area (Å²) in [6.45, 7) is 6.19. The fourth-order valence-electron chi connectivity index (χ4n) is 1.71. The summed E-state index contributed by atoms with van der Waals surface area (Å²) in [5.41, 5.74) is 0.413. The number of benzene rings is 1. The summed E-state index contributed by atoms with van der Waals surface area (Å²) in [7, 11) is 0. The van der Waals surface area contributed by atoms with Gasteiger partial charge in [-0.3, -0.25) is 4.79 Å². The van der Waals surface area contributed by atoms with Gasteiger partial charge in [0.2, 0.25) is 5.91 Å². The average molecular weight is 309 g/mol. The number of amides is 1. The first kappa shape index (κ1) is 18.0. The number of hydrogen-bond donors (Lipinski definition) is 2. The highest BCUT2D eigenvalue weighted by molar-refractivity contribution is 5.96. The molecule has 0 aliphatic rings. The molecule has 1 aromatic carbocycles. The van der Waals surface area contributed by atoms with Crippen LogP contribution in [0.1, 0.15) is 44.0 Å². The monoisotopic (exact) mass is 309 g/mol. The Hall–Kier alpha value is -2.08. The van der Waals surface area contributed by atoms with E-state index in [2.05, 4.69) is 5.32 Å². The van der Waals surface area contributed by atoms with Crippen LogP contribution in [0.25, 0.3) is 0 Å². The number of hydrogen-bond acceptors (Lipinski definition) is 4. The van der Waals surface area contributed by atoms with Gasteiger partial charge in [-0.1, -0.05) is 13.3 Å². The van der Waals surface area contributed by atoms with E-state index < -0.39 is 5.97 Å². The highest BCUT2D eigenvalue weighted by atomic mass is 16.5. The minimum absolute atomic E-state index is 0.0710. The summed E-state index contributed by atoms with van der Waals surface area (Å²) < 4.78 is 10.8. The third-order valence-electron chi connectivity index (χ3n) is 2.74. The van der Waals surface area contributed by atoms with Gasteiger partial charge in [0.05, 0.1) is 17.4 Å². The smallest absolute Gasteiger partial charge is 0.335 e. The molecule has 22 heavy (non-hydrogen) atoms. The first-order chi connectivity index (χ1) is 10.4. The minimum Gasteiger partial charge on any atom is -0.489 e. The molecule has 122 valence electrons. The summed E-state index contributed by atoms with van der Waals surface area (Å²) in [4.78, 5) is 22.9. The van der Waals surface area contributed by atoms with Crippen LogP contribution in [-0.4, -0.2) is 36.3 Å². The van der Waals surface area contributed by atoms with Crippen molar-refractivity contribution < 1.29 is 24.2 Å². The Morgan fingerprint density at radius 3 is 2.64 bits per heavy atom. The van der Waals surface area contributed by atoms with Crippen molar-refractivity contribution in [1.82, 2.24) is 0 Å². The van der Waals surface area contributed by atoms with Gasteiger partial charge in [0.25, 0.3) is 0 Å². The van der Waals surface area contributed by atoms with Crippen molar-refractivity contribution in [3.05, 3.63) is 23.8 Å². The number of carbonyl (C=O) groups is 2. The molecule has 6 heteroatoms. The maximum absolute atomic E-state index is 11.9. The summed E-state index contributed by atoms with van der Waals surface area (Å²) in [6, 6.07) is 4.36. The maximum atomic E-state index is 11.9. The second kappa shape index (κ2) is 9.04. The number of nitrogens with one attached hydrogen (secondary N) is 1. The third-order valence-corrected chi connectivity index (χ3v) is 2.74. The van der Waals surface area contributed by atoms with Gasteiger partial charge in [0.1, 0.15) is 12.4 Å². The molecule has 1 amide bonds. The van der Waals surface area contributed by atoms with Crippen LogP contribution in [0.5, 0.6) is 5.75 Å². The highest BCUT2D eigenvalue weighted by Gasteiger charge is 2.13. The standard InChI is InChI=1S/C16H23NO5/c1-4-5-8-21-10-15(18)17-13-9-12(16(19)20)6-7-14(13)22-11(2)3/h6-7,9,11H,4-5,8,10H2,1-3H3,(H,17,18)(H,19,20). The Morgan fingerprint density at radius 2 is 2.05 bits per heavy atom. The zero-order chi connectivity index (χ0) is 16.5. The van der Waals surface area contributed by atoms with Gasteiger partial charge in [-0.15, -0.1) is 0 Å². The molecule has 0 aliphatic heterocycles.